The van der Waals surface area contributed by atoms with E-state index in [2.05, 4.69) is 27.0 Å². The van der Waals surface area contributed by atoms with Gasteiger partial charge in [0.1, 0.15) is 28.7 Å². The molecule has 0 saturated heterocycles. The van der Waals surface area contributed by atoms with Crippen LogP contribution < -0.4 is 14.8 Å². The maximum absolute atomic E-state index is 14.1. The molecule has 0 radical (unpaired) electrons. The molecule has 4 aromatic rings. The standard InChI is InChI=1S/C30H31F2N5O5S/c1-17(38)34-24(15-18-13-19(31)16-20(32)14-18)27-22(8-7-21(35-27)11-12-30(2,3)39)23-9-10-25(42-6)26-28(23)37(5)36-29(26)43(40,41)33-4/h7-10,13-14,16,24,33,39H,15H2,1-6H3,(H,34,38)/t24-/m0/s1. The number of carbonyl (C=O) groups is 1. The molecular formula is C30H31F2N5O5S. The molecule has 13 heteroatoms. The Balaban J connectivity index is 2.05. The molecule has 0 unspecified atom stereocenters. The predicted molar refractivity (Wildman–Crippen MR) is 157 cm³/mol. The van der Waals surface area contributed by atoms with Gasteiger partial charge >= 0.3 is 0 Å². The lowest BCUT2D eigenvalue weighted by Crippen LogP contribution is -2.29. The number of hydrogen-bond donors (Lipinski definition) is 3. The average Bonchev–Trinajstić information content (AvgIpc) is 3.28. The summed E-state index contributed by atoms with van der Waals surface area (Å²) in [6.07, 6.45) is -0.0410. The Morgan fingerprint density at radius 1 is 1.14 bits per heavy atom. The number of nitrogens with zero attached hydrogens (tertiary/aromatic N) is 3. The second kappa shape index (κ2) is 12.1. The molecule has 1 amide bonds. The molecule has 3 N–H and O–H groups in total. The number of carbonyl (C=O) groups excluding carboxylic acids is 1. The van der Waals surface area contributed by atoms with Gasteiger partial charge in [0.2, 0.25) is 10.9 Å². The van der Waals surface area contributed by atoms with Gasteiger partial charge < -0.3 is 15.2 Å². The normalized spacial score (nSPS) is 12.5. The zero-order chi connectivity index (χ0) is 31.7. The van der Waals surface area contributed by atoms with Crippen molar-refractivity contribution < 1.29 is 31.8 Å². The molecule has 0 bridgehead atoms. The minimum absolute atomic E-state index is 0.0410. The number of aliphatic hydroxyl groups is 1. The van der Waals surface area contributed by atoms with Crippen LogP contribution in [0.5, 0.6) is 5.75 Å². The van der Waals surface area contributed by atoms with Crippen LogP contribution in [0.4, 0.5) is 8.78 Å². The van der Waals surface area contributed by atoms with Gasteiger partial charge in [0, 0.05) is 31.2 Å². The zero-order valence-electron chi connectivity index (χ0n) is 24.4. The molecule has 2 aromatic carbocycles. The van der Waals surface area contributed by atoms with Crippen LogP contribution >= 0.6 is 0 Å². The monoisotopic (exact) mass is 611 g/mol. The lowest BCUT2D eigenvalue weighted by molar-refractivity contribution is -0.119. The topological polar surface area (TPSA) is 135 Å². The van der Waals surface area contributed by atoms with Crippen molar-refractivity contribution in [2.75, 3.05) is 14.2 Å². The molecule has 0 aliphatic carbocycles. The highest BCUT2D eigenvalue weighted by Gasteiger charge is 2.28. The number of nitrogens with one attached hydrogen (secondary N) is 2. The van der Waals surface area contributed by atoms with Gasteiger partial charge in [-0.15, -0.1) is 0 Å². The largest absolute Gasteiger partial charge is 0.496 e. The molecule has 0 saturated carbocycles. The molecule has 0 spiro atoms. The van der Waals surface area contributed by atoms with Crippen LogP contribution in [-0.2, 0) is 28.3 Å². The van der Waals surface area contributed by atoms with Crippen LogP contribution in [0.25, 0.3) is 22.0 Å². The highest BCUT2D eigenvalue weighted by molar-refractivity contribution is 7.89. The number of sulfonamides is 1. The van der Waals surface area contributed by atoms with Crippen molar-refractivity contribution >= 4 is 26.8 Å². The molecule has 2 aromatic heterocycles. The van der Waals surface area contributed by atoms with Crippen LogP contribution in [0.1, 0.15) is 43.8 Å². The summed E-state index contributed by atoms with van der Waals surface area (Å²) < 4.78 is 63.2. The minimum atomic E-state index is -4.00. The molecule has 10 nitrogen and oxygen atoms in total. The zero-order valence-corrected chi connectivity index (χ0v) is 25.2. The van der Waals surface area contributed by atoms with Gasteiger partial charge in [0.05, 0.1) is 29.7 Å². The molecule has 0 fully saturated rings. The van der Waals surface area contributed by atoms with Gasteiger partial charge in [-0.25, -0.2) is 26.9 Å². The Morgan fingerprint density at radius 2 is 1.79 bits per heavy atom. The third-order valence-electron chi connectivity index (χ3n) is 6.44. The Bertz CT molecular complexity index is 1870. The number of rotatable bonds is 8. The van der Waals surface area contributed by atoms with Crippen molar-refractivity contribution in [1.29, 1.82) is 0 Å². The fraction of sp³-hybridized carbons (Fsp3) is 0.300. The van der Waals surface area contributed by atoms with Crippen LogP contribution in [0, 0.1) is 23.5 Å². The third-order valence-corrected chi connectivity index (χ3v) is 7.77. The predicted octanol–water partition coefficient (Wildman–Crippen LogP) is 3.37. The van der Waals surface area contributed by atoms with Crippen molar-refractivity contribution in [3.05, 3.63) is 71.1 Å². The first-order valence-corrected chi connectivity index (χ1v) is 14.6. The SMILES string of the molecule is CNS(=O)(=O)c1nn(C)c2c(-c3ccc(C#CC(C)(C)O)nc3[C@H](Cc3cc(F)cc(F)c3)NC(C)=O)ccc(OC)c12. The number of amides is 1. The summed E-state index contributed by atoms with van der Waals surface area (Å²) in [6.45, 7) is 4.33. The van der Waals surface area contributed by atoms with E-state index in [9.17, 15) is 27.1 Å². The highest BCUT2D eigenvalue weighted by Crippen LogP contribution is 2.40. The molecular weight excluding hydrogens is 580 g/mol. The van der Waals surface area contributed by atoms with E-state index < -0.39 is 39.2 Å². The van der Waals surface area contributed by atoms with E-state index in [4.69, 9.17) is 9.72 Å². The number of aromatic nitrogens is 3. The molecule has 0 aliphatic heterocycles. The lowest BCUT2D eigenvalue weighted by atomic mass is 9.93. The Kier molecular flexibility index (Phi) is 8.87. The average molecular weight is 612 g/mol. The highest BCUT2D eigenvalue weighted by atomic mass is 32.2. The Labute approximate surface area is 248 Å². The van der Waals surface area contributed by atoms with E-state index in [-0.39, 0.29) is 39.5 Å². The molecule has 226 valence electrons. The Morgan fingerprint density at radius 3 is 2.37 bits per heavy atom. The first-order chi connectivity index (χ1) is 20.1. The van der Waals surface area contributed by atoms with Crippen LogP contribution in [-0.4, -0.2) is 54.0 Å². The van der Waals surface area contributed by atoms with Crippen LogP contribution in [0.2, 0.25) is 0 Å². The van der Waals surface area contributed by atoms with E-state index in [0.29, 0.717) is 16.6 Å². The summed E-state index contributed by atoms with van der Waals surface area (Å²) in [5.74, 6) is 3.80. The maximum atomic E-state index is 14.1. The lowest BCUT2D eigenvalue weighted by Gasteiger charge is -2.22. The number of fused-ring (bicyclic) bond motifs is 1. The van der Waals surface area contributed by atoms with Crippen molar-refractivity contribution in [1.82, 2.24) is 24.8 Å². The summed E-state index contributed by atoms with van der Waals surface area (Å²) in [7, 11) is 0.259. The molecule has 0 aliphatic rings. The summed E-state index contributed by atoms with van der Waals surface area (Å²) >= 11 is 0. The van der Waals surface area contributed by atoms with Gasteiger partial charge in [0.25, 0.3) is 10.0 Å². The fourth-order valence-electron chi connectivity index (χ4n) is 4.70. The molecule has 43 heavy (non-hydrogen) atoms. The first-order valence-electron chi connectivity index (χ1n) is 13.1. The third kappa shape index (κ3) is 6.99. The van der Waals surface area contributed by atoms with Gasteiger partial charge in [0.15, 0.2) is 0 Å². The second-order valence-corrected chi connectivity index (χ2v) is 12.2. The number of pyridine rings is 1. The van der Waals surface area contributed by atoms with E-state index in [1.54, 1.807) is 31.3 Å². The summed E-state index contributed by atoms with van der Waals surface area (Å²) in [4.78, 5) is 17.1. The number of halogens is 2. The minimum Gasteiger partial charge on any atom is -0.496 e. The number of hydrogen-bond acceptors (Lipinski definition) is 7. The van der Waals surface area contributed by atoms with E-state index in [1.807, 2.05) is 0 Å². The quantitative estimate of drug-likeness (QED) is 0.260. The van der Waals surface area contributed by atoms with Gasteiger partial charge in [-0.1, -0.05) is 5.92 Å². The number of aryl methyl sites for hydroxylation is 1. The number of methoxy groups -OCH3 is 1. The van der Waals surface area contributed by atoms with Crippen molar-refractivity contribution in [3.8, 4) is 28.7 Å². The number of benzene rings is 2. The summed E-state index contributed by atoms with van der Waals surface area (Å²) in [5, 5.41) is 17.2. The van der Waals surface area contributed by atoms with Crippen molar-refractivity contribution in [2.45, 2.75) is 43.9 Å². The molecule has 1 atom stereocenters. The van der Waals surface area contributed by atoms with E-state index >= 15 is 0 Å². The molecule has 4 rings (SSSR count). The van der Waals surface area contributed by atoms with E-state index in [0.717, 1.165) is 18.2 Å². The van der Waals surface area contributed by atoms with Gasteiger partial charge in [-0.05, 0) is 75.2 Å². The second-order valence-electron chi connectivity index (χ2n) is 10.3. The maximum Gasteiger partial charge on any atom is 0.260 e. The fourth-order valence-corrected chi connectivity index (χ4v) is 5.59. The smallest absolute Gasteiger partial charge is 0.260 e. The van der Waals surface area contributed by atoms with Gasteiger partial charge in [-0.2, -0.15) is 5.10 Å². The Hall–Kier alpha value is -4.38. The van der Waals surface area contributed by atoms with Crippen molar-refractivity contribution in [2.24, 2.45) is 7.05 Å². The van der Waals surface area contributed by atoms with Crippen LogP contribution in [0.15, 0.2) is 47.5 Å². The first kappa shape index (κ1) is 31.6. The van der Waals surface area contributed by atoms with Crippen molar-refractivity contribution in [3.63, 3.8) is 0 Å². The summed E-state index contributed by atoms with van der Waals surface area (Å²) in [5.41, 5.74) is 0.845. The van der Waals surface area contributed by atoms with Gasteiger partial charge in [-0.3, -0.25) is 9.48 Å². The summed E-state index contributed by atoms with van der Waals surface area (Å²) in [6, 6.07) is 8.78. The van der Waals surface area contributed by atoms with E-state index in [1.165, 1.54) is 39.6 Å². The number of ether oxygens (including phenoxy) is 1. The van der Waals surface area contributed by atoms with Crippen LogP contribution in [0.3, 0.4) is 0 Å². The molecule has 2 heterocycles.